The van der Waals surface area contributed by atoms with E-state index in [1.165, 1.54) is 17.7 Å². The van der Waals surface area contributed by atoms with E-state index in [0.717, 1.165) is 11.1 Å². The molecule has 20 heavy (non-hydrogen) atoms. The zero-order chi connectivity index (χ0) is 14.1. The van der Waals surface area contributed by atoms with Crippen LogP contribution in [0.1, 0.15) is 22.7 Å². The lowest BCUT2D eigenvalue weighted by Crippen LogP contribution is -2.27. The molecule has 0 saturated heterocycles. The molecule has 1 heterocycles. The molecule has 0 fully saturated rings. The van der Waals surface area contributed by atoms with E-state index in [9.17, 15) is 9.18 Å². The number of amides is 1. The van der Waals surface area contributed by atoms with E-state index < -0.39 is 6.04 Å². The first-order chi connectivity index (χ1) is 9.63. The van der Waals surface area contributed by atoms with Crippen molar-refractivity contribution in [1.29, 1.82) is 0 Å². The Kier molecular flexibility index (Phi) is 3.24. The van der Waals surface area contributed by atoms with Gasteiger partial charge in [0.1, 0.15) is 11.9 Å². The van der Waals surface area contributed by atoms with E-state index in [-0.39, 0.29) is 11.7 Å². The molecule has 1 aliphatic rings. The van der Waals surface area contributed by atoms with Gasteiger partial charge in [-0.2, -0.15) is 0 Å². The molecule has 0 saturated carbocycles. The largest absolute Gasteiger partial charge is 0.324 e. The third kappa shape index (κ3) is 2.42. The van der Waals surface area contributed by atoms with Gasteiger partial charge in [0.25, 0.3) is 0 Å². The van der Waals surface area contributed by atoms with Crippen molar-refractivity contribution in [1.82, 2.24) is 5.32 Å². The molecule has 0 radical (unpaired) electrons. The van der Waals surface area contributed by atoms with Gasteiger partial charge < -0.3 is 5.32 Å². The molecule has 1 atom stereocenters. The van der Waals surface area contributed by atoms with E-state index in [4.69, 9.17) is 0 Å². The second-order valence-corrected chi connectivity index (χ2v) is 5.02. The summed E-state index contributed by atoms with van der Waals surface area (Å²) in [5.74, 6) is -0.485. The Morgan fingerprint density at radius 3 is 2.90 bits per heavy atom. The maximum absolute atomic E-state index is 13.1. The van der Waals surface area contributed by atoms with Crippen LogP contribution < -0.4 is 10.6 Å². The standard InChI is InChI=1S/C16H15FN2O/c1-10-3-2-4-11(7-10)9-18-15-13-6-5-12(17)8-14(13)19-16(15)20/h2-8,15,18H,9H2,1H3,(H,19,20). The zero-order valence-corrected chi connectivity index (χ0v) is 11.1. The SMILES string of the molecule is Cc1cccc(CNC2C(=O)Nc3cc(F)ccc32)c1. The number of hydrogen-bond acceptors (Lipinski definition) is 2. The van der Waals surface area contributed by atoms with Gasteiger partial charge in [-0.3, -0.25) is 10.1 Å². The fourth-order valence-corrected chi connectivity index (χ4v) is 2.48. The monoisotopic (exact) mass is 270 g/mol. The second kappa shape index (κ2) is 5.06. The maximum atomic E-state index is 13.1. The number of nitrogens with one attached hydrogen (secondary N) is 2. The molecule has 102 valence electrons. The van der Waals surface area contributed by atoms with Crippen molar-refractivity contribution in [3.05, 3.63) is 65.0 Å². The molecule has 1 amide bonds. The molecule has 0 spiro atoms. The molecule has 0 aromatic heterocycles. The first-order valence-electron chi connectivity index (χ1n) is 6.53. The molecule has 2 N–H and O–H groups in total. The van der Waals surface area contributed by atoms with Crippen LogP contribution in [-0.4, -0.2) is 5.91 Å². The second-order valence-electron chi connectivity index (χ2n) is 5.02. The Morgan fingerprint density at radius 1 is 1.25 bits per heavy atom. The van der Waals surface area contributed by atoms with Gasteiger partial charge in [-0.05, 0) is 24.6 Å². The van der Waals surface area contributed by atoms with Crippen LogP contribution in [-0.2, 0) is 11.3 Å². The van der Waals surface area contributed by atoms with Crippen molar-refractivity contribution in [2.75, 3.05) is 5.32 Å². The number of carbonyl (C=O) groups excluding carboxylic acids is 1. The van der Waals surface area contributed by atoms with Crippen molar-refractivity contribution in [2.45, 2.75) is 19.5 Å². The van der Waals surface area contributed by atoms with Gasteiger partial charge in [-0.15, -0.1) is 0 Å². The number of benzene rings is 2. The third-order valence-electron chi connectivity index (χ3n) is 3.44. The van der Waals surface area contributed by atoms with E-state index >= 15 is 0 Å². The minimum absolute atomic E-state index is 0.141. The fourth-order valence-electron chi connectivity index (χ4n) is 2.48. The van der Waals surface area contributed by atoms with Gasteiger partial charge in [0, 0.05) is 17.8 Å². The van der Waals surface area contributed by atoms with Gasteiger partial charge in [-0.1, -0.05) is 35.9 Å². The number of anilines is 1. The van der Waals surface area contributed by atoms with Crippen molar-refractivity contribution >= 4 is 11.6 Å². The Balaban J connectivity index is 1.77. The van der Waals surface area contributed by atoms with E-state index in [1.54, 1.807) is 6.07 Å². The van der Waals surface area contributed by atoms with Gasteiger partial charge >= 0.3 is 0 Å². The molecule has 4 heteroatoms. The first-order valence-corrected chi connectivity index (χ1v) is 6.53. The molecule has 2 aromatic carbocycles. The minimum atomic E-state index is -0.425. The number of aryl methyl sites for hydroxylation is 1. The summed E-state index contributed by atoms with van der Waals surface area (Å²) < 4.78 is 13.1. The predicted molar refractivity (Wildman–Crippen MR) is 75.8 cm³/mol. The summed E-state index contributed by atoms with van der Waals surface area (Å²) in [6, 6.07) is 12.1. The lowest BCUT2D eigenvalue weighted by molar-refractivity contribution is -0.117. The molecular weight excluding hydrogens is 255 g/mol. The van der Waals surface area contributed by atoms with Crippen LogP contribution in [0, 0.1) is 12.7 Å². The molecule has 3 rings (SSSR count). The summed E-state index contributed by atoms with van der Waals surface area (Å²) in [4.78, 5) is 11.9. The highest BCUT2D eigenvalue weighted by Crippen LogP contribution is 2.31. The number of halogens is 1. The number of fused-ring (bicyclic) bond motifs is 1. The fraction of sp³-hybridized carbons (Fsp3) is 0.188. The minimum Gasteiger partial charge on any atom is -0.324 e. The summed E-state index contributed by atoms with van der Waals surface area (Å²) in [5, 5.41) is 5.91. The highest BCUT2D eigenvalue weighted by atomic mass is 19.1. The van der Waals surface area contributed by atoms with Crippen LogP contribution in [0.25, 0.3) is 0 Å². The van der Waals surface area contributed by atoms with Gasteiger partial charge in [0.2, 0.25) is 5.91 Å². The topological polar surface area (TPSA) is 41.1 Å². The van der Waals surface area contributed by atoms with Gasteiger partial charge in [0.15, 0.2) is 0 Å². The predicted octanol–water partition coefficient (Wildman–Crippen LogP) is 2.92. The highest BCUT2D eigenvalue weighted by Gasteiger charge is 2.30. The normalized spacial score (nSPS) is 16.9. The Hall–Kier alpha value is -2.20. The molecular formula is C16H15FN2O. The van der Waals surface area contributed by atoms with Crippen molar-refractivity contribution in [2.24, 2.45) is 0 Å². The Labute approximate surface area is 116 Å². The van der Waals surface area contributed by atoms with Crippen molar-refractivity contribution in [3.63, 3.8) is 0 Å². The molecule has 2 aromatic rings. The maximum Gasteiger partial charge on any atom is 0.246 e. The molecule has 0 bridgehead atoms. The lowest BCUT2D eigenvalue weighted by atomic mass is 10.1. The molecule has 0 aliphatic carbocycles. The third-order valence-corrected chi connectivity index (χ3v) is 3.44. The van der Waals surface area contributed by atoms with Gasteiger partial charge in [0.05, 0.1) is 0 Å². The molecule has 1 unspecified atom stereocenters. The average molecular weight is 270 g/mol. The lowest BCUT2D eigenvalue weighted by Gasteiger charge is -2.11. The van der Waals surface area contributed by atoms with E-state index in [0.29, 0.717) is 12.2 Å². The summed E-state index contributed by atoms with van der Waals surface area (Å²) in [6.45, 7) is 2.63. The van der Waals surface area contributed by atoms with Gasteiger partial charge in [-0.25, -0.2) is 4.39 Å². The summed E-state index contributed by atoms with van der Waals surface area (Å²) in [6.07, 6.45) is 0. The van der Waals surface area contributed by atoms with Crippen LogP contribution in [0.5, 0.6) is 0 Å². The molecule has 3 nitrogen and oxygen atoms in total. The Bertz CT molecular complexity index is 669. The van der Waals surface area contributed by atoms with Crippen molar-refractivity contribution < 1.29 is 9.18 Å². The van der Waals surface area contributed by atoms with Crippen LogP contribution in [0.2, 0.25) is 0 Å². The van der Waals surface area contributed by atoms with Crippen molar-refractivity contribution in [3.8, 4) is 0 Å². The van der Waals surface area contributed by atoms with Crippen LogP contribution in [0.15, 0.2) is 42.5 Å². The number of carbonyl (C=O) groups is 1. The average Bonchev–Trinajstić information content (AvgIpc) is 2.71. The Morgan fingerprint density at radius 2 is 2.10 bits per heavy atom. The van der Waals surface area contributed by atoms with Crippen LogP contribution in [0.4, 0.5) is 10.1 Å². The van der Waals surface area contributed by atoms with Crippen LogP contribution in [0.3, 0.4) is 0 Å². The quantitative estimate of drug-likeness (QED) is 0.900. The summed E-state index contributed by atoms with van der Waals surface area (Å²) in [7, 11) is 0. The molecule has 1 aliphatic heterocycles. The summed E-state index contributed by atoms with van der Waals surface area (Å²) >= 11 is 0. The summed E-state index contributed by atoms with van der Waals surface area (Å²) in [5.41, 5.74) is 3.65. The van der Waals surface area contributed by atoms with E-state index in [2.05, 4.69) is 16.7 Å². The smallest absolute Gasteiger partial charge is 0.246 e. The first kappa shape index (κ1) is 12.8. The zero-order valence-electron chi connectivity index (χ0n) is 11.1. The highest BCUT2D eigenvalue weighted by molar-refractivity contribution is 6.02. The number of rotatable bonds is 3. The van der Waals surface area contributed by atoms with E-state index in [1.807, 2.05) is 25.1 Å². The number of hydrogen-bond donors (Lipinski definition) is 2. The van der Waals surface area contributed by atoms with Crippen LogP contribution >= 0.6 is 0 Å².